The van der Waals surface area contributed by atoms with Gasteiger partial charge in [0.1, 0.15) is 0 Å². The molecule has 1 spiro atoms. The van der Waals surface area contributed by atoms with Crippen LogP contribution in [0.1, 0.15) is 57.1 Å². The van der Waals surface area contributed by atoms with Gasteiger partial charge in [-0.05, 0) is 49.0 Å². The molecule has 0 unspecified atom stereocenters. The van der Waals surface area contributed by atoms with Crippen LogP contribution in [0.15, 0.2) is 24.3 Å². The van der Waals surface area contributed by atoms with E-state index in [1.807, 2.05) is 0 Å². The molecule has 0 aromatic heterocycles. The molecule has 140 valence electrons. The van der Waals surface area contributed by atoms with Crippen LogP contribution in [0.3, 0.4) is 0 Å². The van der Waals surface area contributed by atoms with Crippen LogP contribution in [0.5, 0.6) is 0 Å². The molecule has 1 N–H and O–H groups in total. The minimum Gasteiger partial charge on any atom is -0.356 e. The molecule has 4 nitrogen and oxygen atoms in total. The molecule has 2 aliphatic heterocycles. The van der Waals surface area contributed by atoms with Gasteiger partial charge in [-0.15, -0.1) is 0 Å². The Kier molecular flexibility index (Phi) is 3.94. The smallest absolute Gasteiger partial charge is 0.233 e. The van der Waals surface area contributed by atoms with Crippen LogP contribution < -0.4 is 5.32 Å². The summed E-state index contributed by atoms with van der Waals surface area (Å²) >= 11 is 0. The first-order chi connectivity index (χ1) is 12.3. The number of nitrogens with one attached hydrogen (secondary N) is 1. The Morgan fingerprint density at radius 3 is 2.19 bits per heavy atom. The molecular weight excluding hydrogens is 324 g/mol. The van der Waals surface area contributed by atoms with Gasteiger partial charge in [-0.1, -0.05) is 43.7 Å². The third-order valence-corrected chi connectivity index (χ3v) is 7.30. The number of amides is 2. The topological polar surface area (TPSA) is 49.4 Å². The lowest BCUT2D eigenvalue weighted by atomic mass is 9.72. The maximum absolute atomic E-state index is 13.6. The predicted molar refractivity (Wildman–Crippen MR) is 102 cm³/mol. The fourth-order valence-electron chi connectivity index (χ4n) is 5.16. The Bertz CT molecular complexity index is 717. The fourth-order valence-corrected chi connectivity index (χ4v) is 5.16. The number of carbonyl (C=O) groups excluding carboxylic acids is 2. The van der Waals surface area contributed by atoms with E-state index >= 15 is 0 Å². The van der Waals surface area contributed by atoms with Crippen LogP contribution in [0.25, 0.3) is 0 Å². The van der Waals surface area contributed by atoms with Gasteiger partial charge in [-0.25, -0.2) is 0 Å². The summed E-state index contributed by atoms with van der Waals surface area (Å²) in [6, 6.07) is 8.53. The lowest BCUT2D eigenvalue weighted by molar-refractivity contribution is -0.138. The average Bonchev–Trinajstić information content (AvgIpc) is 3.22. The highest BCUT2D eigenvalue weighted by Gasteiger charge is 2.68. The molecule has 0 bridgehead atoms. The maximum atomic E-state index is 13.6. The molecule has 1 saturated carbocycles. The summed E-state index contributed by atoms with van der Waals surface area (Å²) in [5, 5.41) is 3.03. The quantitative estimate of drug-likeness (QED) is 0.887. The maximum Gasteiger partial charge on any atom is 0.233 e. The Labute approximate surface area is 156 Å². The van der Waals surface area contributed by atoms with Crippen molar-refractivity contribution in [2.45, 2.75) is 58.3 Å². The molecule has 1 atom stereocenters. The largest absolute Gasteiger partial charge is 0.356 e. The molecule has 2 amide bonds. The van der Waals surface area contributed by atoms with Crippen molar-refractivity contribution in [3.05, 3.63) is 35.4 Å². The molecule has 0 radical (unpaired) electrons. The van der Waals surface area contributed by atoms with Crippen molar-refractivity contribution in [1.29, 1.82) is 0 Å². The molecule has 4 heteroatoms. The molecule has 3 aliphatic rings. The molecule has 1 aromatic carbocycles. The van der Waals surface area contributed by atoms with Gasteiger partial charge in [0.05, 0.1) is 5.41 Å². The third kappa shape index (κ3) is 2.65. The Hall–Kier alpha value is -1.84. The van der Waals surface area contributed by atoms with Gasteiger partial charge in [0.25, 0.3) is 0 Å². The molecule has 1 aromatic rings. The van der Waals surface area contributed by atoms with Gasteiger partial charge in [-0.3, -0.25) is 9.59 Å². The van der Waals surface area contributed by atoms with E-state index in [-0.39, 0.29) is 22.2 Å². The monoisotopic (exact) mass is 354 g/mol. The first-order valence-corrected chi connectivity index (χ1v) is 9.91. The van der Waals surface area contributed by atoms with E-state index in [1.165, 1.54) is 11.1 Å². The second-order valence-electron chi connectivity index (χ2n) is 9.40. The van der Waals surface area contributed by atoms with E-state index in [2.05, 4.69) is 55.3 Å². The molecule has 3 fully saturated rings. The second-order valence-corrected chi connectivity index (χ2v) is 9.40. The lowest BCUT2D eigenvalue weighted by Gasteiger charge is -2.45. The van der Waals surface area contributed by atoms with Gasteiger partial charge in [0.15, 0.2) is 0 Å². The van der Waals surface area contributed by atoms with Crippen molar-refractivity contribution in [1.82, 2.24) is 10.2 Å². The van der Waals surface area contributed by atoms with Crippen molar-refractivity contribution in [2.24, 2.45) is 10.8 Å². The number of nitrogens with zero attached hydrogens (tertiary/aromatic N) is 1. The Morgan fingerprint density at radius 1 is 1.08 bits per heavy atom. The standard InChI is InChI=1S/C22H30N2O2/c1-16-4-6-17(7-5-16)22(14-20(22,2)3)19(26)24-12-10-21(11-13-24)9-8-18(25)23-15-21/h4-7H,8-15H2,1-3H3,(H,23,25)/t22-/m1/s1. The zero-order valence-electron chi connectivity index (χ0n) is 16.2. The normalized spacial score (nSPS) is 29.3. The highest BCUT2D eigenvalue weighted by atomic mass is 16.2. The van der Waals surface area contributed by atoms with Crippen LogP contribution in [-0.4, -0.2) is 36.3 Å². The van der Waals surface area contributed by atoms with Crippen molar-refractivity contribution < 1.29 is 9.59 Å². The number of benzene rings is 1. The summed E-state index contributed by atoms with van der Waals surface area (Å²) in [6.45, 7) is 8.93. The summed E-state index contributed by atoms with van der Waals surface area (Å²) in [4.78, 5) is 27.1. The van der Waals surface area contributed by atoms with Crippen LogP contribution in [-0.2, 0) is 15.0 Å². The van der Waals surface area contributed by atoms with Gasteiger partial charge in [0, 0.05) is 26.1 Å². The van der Waals surface area contributed by atoms with Crippen molar-refractivity contribution in [3.63, 3.8) is 0 Å². The molecule has 2 heterocycles. The number of carbonyl (C=O) groups is 2. The summed E-state index contributed by atoms with van der Waals surface area (Å²) in [5.41, 5.74) is 2.28. The Balaban J connectivity index is 1.50. The van der Waals surface area contributed by atoms with Crippen molar-refractivity contribution in [2.75, 3.05) is 19.6 Å². The highest BCUT2D eigenvalue weighted by molar-refractivity contribution is 5.93. The van der Waals surface area contributed by atoms with Gasteiger partial charge in [0.2, 0.25) is 11.8 Å². The average molecular weight is 354 g/mol. The van der Waals surface area contributed by atoms with Gasteiger partial charge >= 0.3 is 0 Å². The van der Waals surface area contributed by atoms with E-state index in [0.29, 0.717) is 12.3 Å². The highest BCUT2D eigenvalue weighted by Crippen LogP contribution is 2.65. The number of rotatable bonds is 2. The number of aryl methyl sites for hydroxylation is 1. The lowest BCUT2D eigenvalue weighted by Crippen LogP contribution is -2.52. The molecule has 2 saturated heterocycles. The van der Waals surface area contributed by atoms with E-state index in [4.69, 9.17) is 0 Å². The minimum absolute atomic E-state index is 0.0211. The zero-order chi connectivity index (χ0) is 18.6. The predicted octanol–water partition coefficient (Wildman–Crippen LogP) is 3.18. The SMILES string of the molecule is Cc1ccc([C@@]2(C(=O)N3CCC4(CCC(=O)NC4)CC3)CC2(C)C)cc1. The molecule has 1 aliphatic carbocycles. The molecular formula is C22H30N2O2. The third-order valence-electron chi connectivity index (χ3n) is 7.30. The number of piperidine rings is 2. The minimum atomic E-state index is -0.355. The number of likely N-dealkylation sites (tertiary alicyclic amines) is 1. The first-order valence-electron chi connectivity index (χ1n) is 9.91. The summed E-state index contributed by atoms with van der Waals surface area (Å²) in [5.74, 6) is 0.480. The van der Waals surface area contributed by atoms with Crippen LogP contribution in [0.4, 0.5) is 0 Å². The molecule has 26 heavy (non-hydrogen) atoms. The molecule has 4 rings (SSSR count). The second kappa shape index (κ2) is 5.83. The van der Waals surface area contributed by atoms with E-state index in [9.17, 15) is 9.59 Å². The summed E-state index contributed by atoms with van der Waals surface area (Å²) < 4.78 is 0. The van der Waals surface area contributed by atoms with Gasteiger partial charge in [-0.2, -0.15) is 0 Å². The van der Waals surface area contributed by atoms with Crippen LogP contribution >= 0.6 is 0 Å². The van der Waals surface area contributed by atoms with E-state index in [1.54, 1.807) is 0 Å². The van der Waals surface area contributed by atoms with Crippen LogP contribution in [0, 0.1) is 17.8 Å². The Morgan fingerprint density at radius 2 is 1.69 bits per heavy atom. The fraction of sp³-hybridized carbons (Fsp3) is 0.636. The van der Waals surface area contributed by atoms with E-state index < -0.39 is 0 Å². The first kappa shape index (κ1) is 17.6. The number of hydrogen-bond acceptors (Lipinski definition) is 2. The van der Waals surface area contributed by atoms with Gasteiger partial charge < -0.3 is 10.2 Å². The van der Waals surface area contributed by atoms with Crippen molar-refractivity contribution >= 4 is 11.8 Å². The van der Waals surface area contributed by atoms with Crippen LogP contribution in [0.2, 0.25) is 0 Å². The summed E-state index contributed by atoms with van der Waals surface area (Å²) in [7, 11) is 0. The summed E-state index contributed by atoms with van der Waals surface area (Å²) in [6.07, 6.45) is 4.54. The zero-order valence-corrected chi connectivity index (χ0v) is 16.2. The number of hydrogen-bond donors (Lipinski definition) is 1. The van der Waals surface area contributed by atoms with Crippen molar-refractivity contribution in [3.8, 4) is 0 Å². The van der Waals surface area contributed by atoms with E-state index in [0.717, 1.165) is 45.3 Å².